The van der Waals surface area contributed by atoms with Crippen LogP contribution in [0.15, 0.2) is 55.1 Å². The number of nitrogens with one attached hydrogen (secondary N) is 1. The van der Waals surface area contributed by atoms with Gasteiger partial charge < -0.3 is 5.32 Å². The van der Waals surface area contributed by atoms with Crippen LogP contribution in [-0.4, -0.2) is 31.1 Å². The van der Waals surface area contributed by atoms with E-state index in [4.69, 9.17) is 0 Å². The minimum atomic E-state index is 0.445. The SMILES string of the molecule is C=CC[C@@H](c1cccc2ccccc12)N1CCNCC1. The third-order valence-electron chi connectivity index (χ3n) is 4.16. The van der Waals surface area contributed by atoms with Gasteiger partial charge in [0, 0.05) is 32.2 Å². The van der Waals surface area contributed by atoms with E-state index in [-0.39, 0.29) is 0 Å². The van der Waals surface area contributed by atoms with Gasteiger partial charge in [-0.05, 0) is 22.8 Å². The van der Waals surface area contributed by atoms with Crippen LogP contribution < -0.4 is 5.32 Å². The Morgan fingerprint density at radius 1 is 1.10 bits per heavy atom. The molecule has 0 saturated carbocycles. The first-order valence-corrected chi connectivity index (χ1v) is 7.43. The largest absolute Gasteiger partial charge is 0.314 e. The first-order valence-electron chi connectivity index (χ1n) is 7.43. The third-order valence-corrected chi connectivity index (χ3v) is 4.16. The second kappa shape index (κ2) is 6.21. The van der Waals surface area contributed by atoms with E-state index in [1.807, 2.05) is 0 Å². The molecule has 104 valence electrons. The van der Waals surface area contributed by atoms with Crippen LogP contribution >= 0.6 is 0 Å². The molecule has 2 aromatic rings. The van der Waals surface area contributed by atoms with Crippen LogP contribution in [-0.2, 0) is 0 Å². The smallest absolute Gasteiger partial charge is 0.0389 e. The van der Waals surface area contributed by atoms with Crippen molar-refractivity contribution in [3.63, 3.8) is 0 Å². The van der Waals surface area contributed by atoms with Crippen LogP contribution in [0.1, 0.15) is 18.0 Å². The van der Waals surface area contributed by atoms with Gasteiger partial charge in [-0.2, -0.15) is 0 Å². The summed E-state index contributed by atoms with van der Waals surface area (Å²) in [6.45, 7) is 8.35. The maximum absolute atomic E-state index is 3.96. The lowest BCUT2D eigenvalue weighted by atomic mass is 9.95. The lowest BCUT2D eigenvalue weighted by Gasteiger charge is -2.35. The summed E-state index contributed by atoms with van der Waals surface area (Å²) < 4.78 is 0. The summed E-state index contributed by atoms with van der Waals surface area (Å²) in [5.74, 6) is 0. The maximum Gasteiger partial charge on any atom is 0.0389 e. The standard InChI is InChI=1S/C18H22N2/c1-2-6-18(20-13-11-19-12-14-20)17-10-5-8-15-7-3-4-9-16(15)17/h2-5,7-10,18-19H,1,6,11-14H2/t18-/m0/s1. The van der Waals surface area contributed by atoms with E-state index < -0.39 is 0 Å². The zero-order valence-corrected chi connectivity index (χ0v) is 11.9. The molecule has 1 fully saturated rings. The molecule has 1 heterocycles. The van der Waals surface area contributed by atoms with Crippen LogP contribution in [0, 0.1) is 0 Å². The summed E-state index contributed by atoms with van der Waals surface area (Å²) in [6, 6.07) is 15.8. The van der Waals surface area contributed by atoms with E-state index >= 15 is 0 Å². The Bertz CT molecular complexity index is 579. The van der Waals surface area contributed by atoms with Crippen LogP contribution in [0.3, 0.4) is 0 Å². The van der Waals surface area contributed by atoms with Gasteiger partial charge in [-0.1, -0.05) is 48.5 Å². The van der Waals surface area contributed by atoms with Crippen molar-refractivity contribution >= 4 is 10.8 Å². The Balaban J connectivity index is 2.02. The number of benzene rings is 2. The van der Waals surface area contributed by atoms with E-state index in [2.05, 4.69) is 65.3 Å². The van der Waals surface area contributed by atoms with Gasteiger partial charge in [-0.25, -0.2) is 0 Å². The van der Waals surface area contributed by atoms with E-state index in [1.54, 1.807) is 0 Å². The highest BCUT2D eigenvalue weighted by molar-refractivity contribution is 5.86. The van der Waals surface area contributed by atoms with Crippen LogP contribution in [0.5, 0.6) is 0 Å². The predicted molar refractivity (Wildman–Crippen MR) is 85.9 cm³/mol. The summed E-state index contributed by atoms with van der Waals surface area (Å²) in [5.41, 5.74) is 1.44. The molecule has 1 aliphatic rings. The van der Waals surface area contributed by atoms with Crippen molar-refractivity contribution in [2.75, 3.05) is 26.2 Å². The van der Waals surface area contributed by atoms with E-state index in [0.29, 0.717) is 6.04 Å². The lowest BCUT2D eigenvalue weighted by molar-refractivity contribution is 0.175. The van der Waals surface area contributed by atoms with Crippen molar-refractivity contribution in [1.82, 2.24) is 10.2 Å². The molecule has 1 N–H and O–H groups in total. The van der Waals surface area contributed by atoms with Crippen molar-refractivity contribution in [3.05, 3.63) is 60.7 Å². The number of rotatable bonds is 4. The van der Waals surface area contributed by atoms with Crippen LogP contribution in [0.4, 0.5) is 0 Å². The molecule has 2 heteroatoms. The van der Waals surface area contributed by atoms with Gasteiger partial charge in [0.1, 0.15) is 0 Å². The number of hydrogen-bond donors (Lipinski definition) is 1. The highest BCUT2D eigenvalue weighted by Gasteiger charge is 2.22. The summed E-state index contributed by atoms with van der Waals surface area (Å²) in [5, 5.41) is 6.14. The van der Waals surface area contributed by atoms with Crippen molar-refractivity contribution in [3.8, 4) is 0 Å². The minimum absolute atomic E-state index is 0.445. The number of hydrogen-bond acceptors (Lipinski definition) is 2. The normalized spacial score (nSPS) is 18.0. The molecular formula is C18H22N2. The summed E-state index contributed by atoms with van der Waals surface area (Å²) in [6.07, 6.45) is 3.06. The average Bonchev–Trinajstić information content (AvgIpc) is 2.53. The fourth-order valence-electron chi connectivity index (χ4n) is 3.17. The Morgan fingerprint density at radius 3 is 2.65 bits per heavy atom. The summed E-state index contributed by atoms with van der Waals surface area (Å²) >= 11 is 0. The Kier molecular flexibility index (Phi) is 4.14. The molecule has 2 nitrogen and oxygen atoms in total. The molecule has 0 amide bonds. The molecule has 0 unspecified atom stereocenters. The lowest BCUT2D eigenvalue weighted by Crippen LogP contribution is -2.45. The Hall–Kier alpha value is -1.64. The molecule has 1 saturated heterocycles. The third kappa shape index (κ3) is 2.62. The van der Waals surface area contributed by atoms with Gasteiger partial charge in [0.2, 0.25) is 0 Å². The van der Waals surface area contributed by atoms with Crippen LogP contribution in [0.2, 0.25) is 0 Å². The van der Waals surface area contributed by atoms with Gasteiger partial charge in [0.25, 0.3) is 0 Å². The maximum atomic E-state index is 3.96. The minimum Gasteiger partial charge on any atom is -0.314 e. The monoisotopic (exact) mass is 266 g/mol. The fraction of sp³-hybridized carbons (Fsp3) is 0.333. The first-order chi connectivity index (χ1) is 9.90. The molecule has 0 spiro atoms. The summed E-state index contributed by atoms with van der Waals surface area (Å²) in [4.78, 5) is 2.58. The highest BCUT2D eigenvalue weighted by Crippen LogP contribution is 2.31. The molecule has 0 aromatic heterocycles. The number of piperazine rings is 1. The fourth-order valence-corrected chi connectivity index (χ4v) is 3.17. The zero-order valence-electron chi connectivity index (χ0n) is 11.9. The van der Waals surface area contributed by atoms with Crippen molar-refractivity contribution in [2.45, 2.75) is 12.5 Å². The molecule has 3 rings (SSSR count). The zero-order chi connectivity index (χ0) is 13.8. The Labute approximate surface area is 121 Å². The molecule has 1 atom stereocenters. The quantitative estimate of drug-likeness (QED) is 0.854. The molecule has 2 aromatic carbocycles. The summed E-state index contributed by atoms with van der Waals surface area (Å²) in [7, 11) is 0. The van der Waals surface area contributed by atoms with Gasteiger partial charge in [-0.3, -0.25) is 4.90 Å². The van der Waals surface area contributed by atoms with Gasteiger partial charge in [-0.15, -0.1) is 6.58 Å². The second-order valence-electron chi connectivity index (χ2n) is 5.39. The predicted octanol–water partition coefficient (Wildman–Crippen LogP) is 3.36. The molecule has 0 bridgehead atoms. The average molecular weight is 266 g/mol. The highest BCUT2D eigenvalue weighted by atomic mass is 15.2. The van der Waals surface area contributed by atoms with Gasteiger partial charge in [0.15, 0.2) is 0 Å². The van der Waals surface area contributed by atoms with Gasteiger partial charge >= 0.3 is 0 Å². The topological polar surface area (TPSA) is 15.3 Å². The number of fused-ring (bicyclic) bond motifs is 1. The Morgan fingerprint density at radius 2 is 1.85 bits per heavy atom. The van der Waals surface area contributed by atoms with Crippen molar-refractivity contribution in [2.24, 2.45) is 0 Å². The van der Waals surface area contributed by atoms with Crippen LogP contribution in [0.25, 0.3) is 10.8 Å². The van der Waals surface area contributed by atoms with Crippen molar-refractivity contribution < 1.29 is 0 Å². The van der Waals surface area contributed by atoms with E-state index in [0.717, 1.165) is 32.6 Å². The first kappa shape index (κ1) is 13.3. The van der Waals surface area contributed by atoms with E-state index in [9.17, 15) is 0 Å². The number of nitrogens with zero attached hydrogens (tertiary/aromatic N) is 1. The van der Waals surface area contributed by atoms with Gasteiger partial charge in [0.05, 0.1) is 0 Å². The molecular weight excluding hydrogens is 244 g/mol. The second-order valence-corrected chi connectivity index (χ2v) is 5.39. The molecule has 1 aliphatic heterocycles. The van der Waals surface area contributed by atoms with E-state index in [1.165, 1.54) is 16.3 Å². The molecule has 20 heavy (non-hydrogen) atoms. The molecule has 0 aliphatic carbocycles. The molecule has 0 radical (unpaired) electrons. The van der Waals surface area contributed by atoms with Crippen molar-refractivity contribution in [1.29, 1.82) is 0 Å².